The maximum absolute atomic E-state index is 12.0. The SMILES string of the molecule is CCC(=O)Nc1cccc(NC(=O)c2csc(CN)n2)c1. The number of carbonyl (C=O) groups excluding carboxylic acids is 2. The van der Waals surface area contributed by atoms with Crippen molar-refractivity contribution in [3.8, 4) is 0 Å². The van der Waals surface area contributed by atoms with Crippen LogP contribution in [0.3, 0.4) is 0 Å². The van der Waals surface area contributed by atoms with E-state index in [-0.39, 0.29) is 11.8 Å². The molecule has 0 saturated carbocycles. The van der Waals surface area contributed by atoms with Crippen LogP contribution in [0.1, 0.15) is 28.8 Å². The largest absolute Gasteiger partial charge is 0.326 e. The summed E-state index contributed by atoms with van der Waals surface area (Å²) in [6.45, 7) is 2.09. The van der Waals surface area contributed by atoms with E-state index in [1.54, 1.807) is 36.6 Å². The van der Waals surface area contributed by atoms with Crippen LogP contribution in [0.25, 0.3) is 0 Å². The third-order valence-corrected chi connectivity index (χ3v) is 3.56. The van der Waals surface area contributed by atoms with Gasteiger partial charge in [-0.15, -0.1) is 11.3 Å². The molecule has 2 amide bonds. The Morgan fingerprint density at radius 1 is 1.29 bits per heavy atom. The molecule has 110 valence electrons. The fourth-order valence-electron chi connectivity index (χ4n) is 1.63. The van der Waals surface area contributed by atoms with E-state index in [0.29, 0.717) is 35.0 Å². The van der Waals surface area contributed by atoms with Crippen LogP contribution in [0.2, 0.25) is 0 Å². The summed E-state index contributed by atoms with van der Waals surface area (Å²) in [7, 11) is 0. The Morgan fingerprint density at radius 2 is 2.00 bits per heavy atom. The molecular formula is C14H16N4O2S. The molecule has 2 aromatic rings. The smallest absolute Gasteiger partial charge is 0.275 e. The predicted molar refractivity (Wildman–Crippen MR) is 83.3 cm³/mol. The zero-order chi connectivity index (χ0) is 15.2. The number of benzene rings is 1. The number of thiazole rings is 1. The van der Waals surface area contributed by atoms with E-state index in [9.17, 15) is 9.59 Å². The highest BCUT2D eigenvalue weighted by atomic mass is 32.1. The van der Waals surface area contributed by atoms with Crippen LogP contribution in [0.15, 0.2) is 29.6 Å². The first kappa shape index (κ1) is 15.1. The first-order valence-corrected chi connectivity index (χ1v) is 7.36. The number of aromatic nitrogens is 1. The van der Waals surface area contributed by atoms with Gasteiger partial charge in [0.2, 0.25) is 5.91 Å². The molecule has 0 unspecified atom stereocenters. The number of anilines is 2. The predicted octanol–water partition coefficient (Wildman–Crippen LogP) is 2.20. The van der Waals surface area contributed by atoms with Gasteiger partial charge in [-0.3, -0.25) is 9.59 Å². The minimum absolute atomic E-state index is 0.0782. The van der Waals surface area contributed by atoms with E-state index < -0.39 is 0 Å². The van der Waals surface area contributed by atoms with E-state index in [1.165, 1.54) is 11.3 Å². The van der Waals surface area contributed by atoms with Crippen LogP contribution in [0.5, 0.6) is 0 Å². The Hall–Kier alpha value is -2.25. The summed E-state index contributed by atoms with van der Waals surface area (Å²) in [5.74, 6) is -0.379. The molecule has 2 rings (SSSR count). The molecule has 0 radical (unpaired) electrons. The van der Waals surface area contributed by atoms with E-state index in [2.05, 4.69) is 15.6 Å². The highest BCUT2D eigenvalue weighted by Gasteiger charge is 2.10. The Kier molecular flexibility index (Phi) is 5.02. The average Bonchev–Trinajstić information content (AvgIpc) is 2.96. The second-order valence-electron chi connectivity index (χ2n) is 4.27. The van der Waals surface area contributed by atoms with Crippen molar-refractivity contribution in [2.24, 2.45) is 5.73 Å². The number of nitrogens with two attached hydrogens (primary N) is 1. The molecule has 0 saturated heterocycles. The van der Waals surface area contributed by atoms with Gasteiger partial charge in [0, 0.05) is 29.7 Å². The van der Waals surface area contributed by atoms with Gasteiger partial charge in [-0.25, -0.2) is 4.98 Å². The van der Waals surface area contributed by atoms with Crippen molar-refractivity contribution in [1.29, 1.82) is 0 Å². The lowest BCUT2D eigenvalue weighted by molar-refractivity contribution is -0.115. The molecule has 21 heavy (non-hydrogen) atoms. The fraction of sp³-hybridized carbons (Fsp3) is 0.214. The van der Waals surface area contributed by atoms with Crippen LogP contribution >= 0.6 is 11.3 Å². The van der Waals surface area contributed by atoms with Crippen molar-refractivity contribution in [2.75, 3.05) is 10.6 Å². The van der Waals surface area contributed by atoms with Gasteiger partial charge in [0.1, 0.15) is 10.7 Å². The topological polar surface area (TPSA) is 97.1 Å². The number of hydrogen-bond donors (Lipinski definition) is 3. The maximum Gasteiger partial charge on any atom is 0.275 e. The van der Waals surface area contributed by atoms with Gasteiger partial charge in [0.05, 0.1) is 0 Å². The standard InChI is InChI=1S/C14H16N4O2S/c1-2-12(19)16-9-4-3-5-10(6-9)17-14(20)11-8-21-13(7-15)18-11/h3-6,8H,2,7,15H2,1H3,(H,16,19)(H,17,20). The maximum atomic E-state index is 12.0. The zero-order valence-electron chi connectivity index (χ0n) is 11.6. The molecule has 0 bridgehead atoms. The van der Waals surface area contributed by atoms with Gasteiger partial charge < -0.3 is 16.4 Å². The molecule has 0 aliphatic heterocycles. The molecule has 1 heterocycles. The van der Waals surface area contributed by atoms with Gasteiger partial charge in [-0.2, -0.15) is 0 Å². The Balaban J connectivity index is 2.06. The number of carbonyl (C=O) groups is 2. The lowest BCUT2D eigenvalue weighted by atomic mass is 10.2. The number of nitrogens with one attached hydrogen (secondary N) is 2. The third kappa shape index (κ3) is 4.11. The van der Waals surface area contributed by atoms with E-state index in [4.69, 9.17) is 5.73 Å². The Morgan fingerprint density at radius 3 is 2.62 bits per heavy atom. The molecule has 0 fully saturated rings. The van der Waals surface area contributed by atoms with Gasteiger partial charge in [-0.05, 0) is 18.2 Å². The molecule has 1 aromatic carbocycles. The van der Waals surface area contributed by atoms with Crippen molar-refractivity contribution in [2.45, 2.75) is 19.9 Å². The Bertz CT molecular complexity index is 654. The molecule has 0 aliphatic rings. The second-order valence-corrected chi connectivity index (χ2v) is 5.21. The Labute approximate surface area is 126 Å². The molecule has 6 nitrogen and oxygen atoms in total. The first-order valence-electron chi connectivity index (χ1n) is 6.48. The minimum Gasteiger partial charge on any atom is -0.326 e. The van der Waals surface area contributed by atoms with Gasteiger partial charge in [-0.1, -0.05) is 13.0 Å². The van der Waals surface area contributed by atoms with Gasteiger partial charge in [0.25, 0.3) is 5.91 Å². The normalized spacial score (nSPS) is 10.2. The van der Waals surface area contributed by atoms with Crippen molar-refractivity contribution in [1.82, 2.24) is 4.98 Å². The highest BCUT2D eigenvalue weighted by Crippen LogP contribution is 2.17. The summed E-state index contributed by atoms with van der Waals surface area (Å²) in [5.41, 5.74) is 7.04. The second kappa shape index (κ2) is 6.96. The van der Waals surface area contributed by atoms with Crippen LogP contribution in [0.4, 0.5) is 11.4 Å². The summed E-state index contributed by atoms with van der Waals surface area (Å²) < 4.78 is 0. The molecule has 1 aromatic heterocycles. The zero-order valence-corrected chi connectivity index (χ0v) is 12.4. The summed E-state index contributed by atoms with van der Waals surface area (Å²) in [4.78, 5) is 27.5. The molecule has 7 heteroatoms. The summed E-state index contributed by atoms with van der Waals surface area (Å²) in [6.07, 6.45) is 0.400. The van der Waals surface area contributed by atoms with Crippen LogP contribution < -0.4 is 16.4 Å². The van der Waals surface area contributed by atoms with Gasteiger partial charge in [0.15, 0.2) is 0 Å². The highest BCUT2D eigenvalue weighted by molar-refractivity contribution is 7.09. The minimum atomic E-state index is -0.301. The molecule has 0 aliphatic carbocycles. The average molecular weight is 304 g/mol. The lowest BCUT2D eigenvalue weighted by Crippen LogP contribution is -2.13. The summed E-state index contributed by atoms with van der Waals surface area (Å²) >= 11 is 1.35. The van der Waals surface area contributed by atoms with Crippen molar-refractivity contribution >= 4 is 34.5 Å². The van der Waals surface area contributed by atoms with E-state index in [0.717, 1.165) is 0 Å². The molecule has 0 atom stereocenters. The van der Waals surface area contributed by atoms with Gasteiger partial charge >= 0.3 is 0 Å². The van der Waals surface area contributed by atoms with Crippen molar-refractivity contribution < 1.29 is 9.59 Å². The monoisotopic (exact) mass is 304 g/mol. The number of rotatable bonds is 5. The summed E-state index contributed by atoms with van der Waals surface area (Å²) in [5, 5.41) is 7.86. The third-order valence-electron chi connectivity index (χ3n) is 2.68. The number of hydrogen-bond acceptors (Lipinski definition) is 5. The molecule has 4 N–H and O–H groups in total. The van der Waals surface area contributed by atoms with Crippen molar-refractivity contribution in [3.63, 3.8) is 0 Å². The first-order chi connectivity index (χ1) is 10.1. The van der Waals surface area contributed by atoms with Crippen molar-refractivity contribution in [3.05, 3.63) is 40.3 Å². The fourth-order valence-corrected chi connectivity index (χ4v) is 2.28. The number of nitrogens with zero attached hydrogens (tertiary/aromatic N) is 1. The summed E-state index contributed by atoms with van der Waals surface area (Å²) in [6, 6.07) is 6.96. The lowest BCUT2D eigenvalue weighted by Gasteiger charge is -2.07. The van der Waals surface area contributed by atoms with Crippen LogP contribution in [0, 0.1) is 0 Å². The van der Waals surface area contributed by atoms with Crippen LogP contribution in [-0.2, 0) is 11.3 Å². The molecular weight excluding hydrogens is 288 g/mol. The molecule has 0 spiro atoms. The quantitative estimate of drug-likeness (QED) is 0.789. The number of amides is 2. The van der Waals surface area contributed by atoms with E-state index >= 15 is 0 Å². The van der Waals surface area contributed by atoms with E-state index in [1.807, 2.05) is 0 Å². The van der Waals surface area contributed by atoms with Crippen LogP contribution in [-0.4, -0.2) is 16.8 Å².